The summed E-state index contributed by atoms with van der Waals surface area (Å²) in [5, 5.41) is 13.7. The van der Waals surface area contributed by atoms with Crippen molar-refractivity contribution in [3.8, 4) is 5.75 Å². The first-order chi connectivity index (χ1) is 11.8. The number of phenolic OH excluding ortho intramolecular Hbond substituents is 1. The van der Waals surface area contributed by atoms with Crippen LogP contribution in [0.1, 0.15) is 61.1 Å². The molecule has 0 fully saturated rings. The Hall–Kier alpha value is -1.81. The lowest BCUT2D eigenvalue weighted by molar-refractivity contribution is -0.116. The van der Waals surface area contributed by atoms with E-state index < -0.39 is 0 Å². The Kier molecular flexibility index (Phi) is 3.91. The monoisotopic (exact) mass is 355 g/mol. The molecule has 25 heavy (non-hydrogen) atoms. The summed E-state index contributed by atoms with van der Waals surface area (Å²) >= 11 is 1.78. The van der Waals surface area contributed by atoms with Crippen LogP contribution in [0.3, 0.4) is 0 Å². The van der Waals surface area contributed by atoms with Crippen LogP contribution in [0.2, 0.25) is 0 Å². The number of anilines is 1. The molecule has 2 atom stereocenters. The molecule has 4 rings (SSSR count). The summed E-state index contributed by atoms with van der Waals surface area (Å²) in [5.74, 6) is 1.17. The molecule has 2 heterocycles. The lowest BCUT2D eigenvalue weighted by atomic mass is 9.71. The molecule has 2 N–H and O–H groups in total. The summed E-state index contributed by atoms with van der Waals surface area (Å²) in [6.45, 7) is 6.99. The van der Waals surface area contributed by atoms with Gasteiger partial charge in [0.25, 0.3) is 0 Å². The zero-order valence-electron chi connectivity index (χ0n) is 15.1. The summed E-state index contributed by atoms with van der Waals surface area (Å²) < 4.78 is 0. The van der Waals surface area contributed by atoms with Gasteiger partial charge in [-0.05, 0) is 59.4 Å². The third-order valence-corrected chi connectivity index (χ3v) is 7.00. The molecule has 132 valence electrons. The van der Waals surface area contributed by atoms with Crippen LogP contribution >= 0.6 is 11.3 Å². The van der Waals surface area contributed by atoms with E-state index >= 15 is 0 Å². The summed E-state index contributed by atoms with van der Waals surface area (Å²) in [4.78, 5) is 13.7. The number of hydrogen-bond acceptors (Lipinski definition) is 3. The van der Waals surface area contributed by atoms with Gasteiger partial charge in [0.2, 0.25) is 5.91 Å². The van der Waals surface area contributed by atoms with Crippen molar-refractivity contribution in [2.75, 3.05) is 5.32 Å². The predicted molar refractivity (Wildman–Crippen MR) is 102 cm³/mol. The number of carbonyl (C=O) groups is 1. The van der Waals surface area contributed by atoms with E-state index in [-0.39, 0.29) is 17.6 Å². The molecular weight excluding hydrogens is 330 g/mol. The molecule has 1 aliphatic heterocycles. The summed E-state index contributed by atoms with van der Waals surface area (Å²) in [5.41, 5.74) is 4.24. The Balaban J connectivity index is 1.76. The van der Waals surface area contributed by atoms with Crippen LogP contribution in [0.5, 0.6) is 5.75 Å². The second kappa shape index (κ2) is 5.87. The Labute approximate surface area is 153 Å². The molecule has 2 aliphatic rings. The molecule has 0 spiro atoms. The van der Waals surface area contributed by atoms with Crippen LogP contribution in [0.25, 0.3) is 0 Å². The van der Waals surface area contributed by atoms with Crippen LogP contribution in [0.15, 0.2) is 24.3 Å². The number of fused-ring (bicyclic) bond motifs is 3. The van der Waals surface area contributed by atoms with Crippen molar-refractivity contribution >= 4 is 22.2 Å². The smallest absolute Gasteiger partial charge is 0.225 e. The van der Waals surface area contributed by atoms with E-state index in [4.69, 9.17) is 0 Å². The third kappa shape index (κ3) is 2.97. The van der Waals surface area contributed by atoms with Crippen molar-refractivity contribution in [3.05, 3.63) is 45.8 Å². The number of thiophene rings is 1. The third-order valence-electron chi connectivity index (χ3n) is 5.82. The summed E-state index contributed by atoms with van der Waals surface area (Å²) in [6, 6.07) is 7.34. The van der Waals surface area contributed by atoms with E-state index in [1.54, 1.807) is 23.5 Å². The van der Waals surface area contributed by atoms with Crippen LogP contribution in [0, 0.1) is 11.3 Å². The highest BCUT2D eigenvalue weighted by atomic mass is 32.1. The highest BCUT2D eigenvalue weighted by molar-refractivity contribution is 7.16. The van der Waals surface area contributed by atoms with E-state index in [2.05, 4.69) is 26.1 Å². The molecule has 2 aromatic rings. The van der Waals surface area contributed by atoms with Gasteiger partial charge < -0.3 is 10.4 Å². The normalized spacial score (nSPS) is 22.9. The van der Waals surface area contributed by atoms with Crippen molar-refractivity contribution in [3.63, 3.8) is 0 Å². The zero-order chi connectivity index (χ0) is 17.8. The van der Waals surface area contributed by atoms with Crippen LogP contribution in [-0.2, 0) is 17.6 Å². The fourth-order valence-corrected chi connectivity index (χ4v) is 5.67. The highest BCUT2D eigenvalue weighted by Crippen LogP contribution is 2.50. The largest absolute Gasteiger partial charge is 0.508 e. The number of hydrogen-bond donors (Lipinski definition) is 2. The van der Waals surface area contributed by atoms with E-state index in [1.807, 2.05) is 12.1 Å². The Morgan fingerprint density at radius 3 is 2.56 bits per heavy atom. The lowest BCUT2D eigenvalue weighted by Gasteiger charge is -2.34. The lowest BCUT2D eigenvalue weighted by Crippen LogP contribution is -2.27. The molecule has 4 heteroatoms. The first-order valence-corrected chi connectivity index (χ1v) is 9.88. The second-order valence-electron chi connectivity index (χ2n) is 8.45. The quantitative estimate of drug-likeness (QED) is 0.749. The fraction of sp³-hybridized carbons (Fsp3) is 0.476. The van der Waals surface area contributed by atoms with Crippen molar-refractivity contribution in [1.82, 2.24) is 0 Å². The van der Waals surface area contributed by atoms with Crippen molar-refractivity contribution in [2.45, 2.75) is 52.4 Å². The first kappa shape index (κ1) is 16.6. The minimum Gasteiger partial charge on any atom is -0.508 e. The minimum absolute atomic E-state index is 0.0940. The van der Waals surface area contributed by atoms with Gasteiger partial charge in [-0.2, -0.15) is 0 Å². The number of nitrogens with one attached hydrogen (secondary N) is 1. The number of carbonyl (C=O) groups excluding carboxylic acids is 1. The molecule has 3 nitrogen and oxygen atoms in total. The molecule has 1 amide bonds. The standard InChI is InChI=1S/C21H25NO2S/c1-21(2,3)13-6-9-15-17(10-13)25-20-19(15)16(11-18(24)22-20)12-4-7-14(23)8-5-12/h4-5,7-8,13,16,23H,6,9-11H2,1-3H3,(H,22,24)/t13-,16-/m0/s1. The fourth-order valence-electron chi connectivity index (χ4n) is 4.27. The van der Waals surface area contributed by atoms with Gasteiger partial charge in [0.15, 0.2) is 0 Å². The first-order valence-electron chi connectivity index (χ1n) is 9.06. The Bertz CT molecular complexity index is 814. The van der Waals surface area contributed by atoms with Gasteiger partial charge in [-0.3, -0.25) is 4.79 Å². The van der Waals surface area contributed by atoms with E-state index in [1.165, 1.54) is 22.4 Å². The zero-order valence-corrected chi connectivity index (χ0v) is 15.9. The predicted octanol–water partition coefficient (Wildman–Crippen LogP) is 5.08. The molecule has 0 bridgehead atoms. The summed E-state index contributed by atoms with van der Waals surface area (Å²) in [6.07, 6.45) is 3.93. The molecule has 0 saturated carbocycles. The summed E-state index contributed by atoms with van der Waals surface area (Å²) in [7, 11) is 0. The highest BCUT2D eigenvalue weighted by Gasteiger charge is 2.37. The average Bonchev–Trinajstić information content (AvgIpc) is 2.91. The van der Waals surface area contributed by atoms with Gasteiger partial charge in [-0.1, -0.05) is 32.9 Å². The minimum atomic E-state index is 0.0940. The SMILES string of the molecule is CC(C)(C)[C@H]1CCc2c(sc3c2[C@H](c2ccc(O)cc2)CC(=O)N3)C1. The number of aromatic hydroxyl groups is 1. The molecule has 1 aliphatic carbocycles. The van der Waals surface area contributed by atoms with Crippen LogP contribution in [0.4, 0.5) is 5.00 Å². The van der Waals surface area contributed by atoms with E-state index in [0.717, 1.165) is 23.4 Å². The van der Waals surface area contributed by atoms with Crippen LogP contribution < -0.4 is 5.32 Å². The molecule has 0 radical (unpaired) electrons. The maximum absolute atomic E-state index is 12.3. The second-order valence-corrected chi connectivity index (χ2v) is 9.55. The number of benzene rings is 1. The Morgan fingerprint density at radius 1 is 1.16 bits per heavy atom. The maximum Gasteiger partial charge on any atom is 0.225 e. The molecular formula is C21H25NO2S. The van der Waals surface area contributed by atoms with Crippen molar-refractivity contribution in [1.29, 1.82) is 0 Å². The number of phenols is 1. The van der Waals surface area contributed by atoms with Gasteiger partial charge in [0.1, 0.15) is 5.75 Å². The average molecular weight is 356 g/mol. The van der Waals surface area contributed by atoms with E-state index in [9.17, 15) is 9.90 Å². The van der Waals surface area contributed by atoms with Crippen LogP contribution in [-0.4, -0.2) is 11.0 Å². The molecule has 0 unspecified atom stereocenters. The number of amides is 1. The van der Waals surface area contributed by atoms with Gasteiger partial charge >= 0.3 is 0 Å². The topological polar surface area (TPSA) is 49.3 Å². The molecule has 1 aromatic heterocycles. The maximum atomic E-state index is 12.3. The number of rotatable bonds is 1. The Morgan fingerprint density at radius 2 is 1.88 bits per heavy atom. The van der Waals surface area contributed by atoms with Crippen molar-refractivity contribution < 1.29 is 9.90 Å². The van der Waals surface area contributed by atoms with Gasteiger partial charge in [0, 0.05) is 17.2 Å². The molecule has 0 saturated heterocycles. The van der Waals surface area contributed by atoms with Gasteiger partial charge in [0.05, 0.1) is 5.00 Å². The van der Waals surface area contributed by atoms with E-state index in [0.29, 0.717) is 17.8 Å². The van der Waals surface area contributed by atoms with Gasteiger partial charge in [-0.25, -0.2) is 0 Å². The molecule has 1 aromatic carbocycles. The van der Waals surface area contributed by atoms with Gasteiger partial charge in [-0.15, -0.1) is 11.3 Å². The van der Waals surface area contributed by atoms with Crippen molar-refractivity contribution in [2.24, 2.45) is 11.3 Å².